The topological polar surface area (TPSA) is 56.1 Å². The molecule has 1 aliphatic heterocycles. The third kappa shape index (κ3) is 2.41. The maximum Gasteiger partial charge on any atom is 0.271 e. The summed E-state index contributed by atoms with van der Waals surface area (Å²) in [4.78, 5) is 16.0. The van der Waals surface area contributed by atoms with Crippen molar-refractivity contribution in [2.24, 2.45) is 0 Å². The molecule has 5 nitrogen and oxygen atoms in total. The van der Waals surface area contributed by atoms with Crippen LogP contribution in [0.1, 0.15) is 29.2 Å². The summed E-state index contributed by atoms with van der Waals surface area (Å²) < 4.78 is 6.95. The maximum absolute atomic E-state index is 11.7. The number of methoxy groups -OCH3 is 1. The van der Waals surface area contributed by atoms with E-state index >= 15 is 0 Å². The third-order valence-electron chi connectivity index (χ3n) is 2.73. The Morgan fingerprint density at radius 2 is 2.50 bits per heavy atom. The van der Waals surface area contributed by atoms with Gasteiger partial charge < -0.3 is 14.6 Å². The summed E-state index contributed by atoms with van der Waals surface area (Å²) in [5, 5.41) is 2.77. The van der Waals surface area contributed by atoms with E-state index in [0.717, 1.165) is 18.8 Å². The van der Waals surface area contributed by atoms with Crippen LogP contribution in [0.15, 0.2) is 6.20 Å². The summed E-state index contributed by atoms with van der Waals surface area (Å²) in [6.45, 7) is 2.03. The van der Waals surface area contributed by atoms with Crippen LogP contribution in [0.25, 0.3) is 0 Å². The highest BCUT2D eigenvalue weighted by Gasteiger charge is 2.15. The molecule has 1 aliphatic rings. The number of carbonyl (C=O) groups excluding carboxylic acids is 1. The van der Waals surface area contributed by atoms with Crippen LogP contribution in [0.5, 0.6) is 0 Å². The van der Waals surface area contributed by atoms with Gasteiger partial charge in [-0.3, -0.25) is 4.79 Å². The fraction of sp³-hybridized carbons (Fsp3) is 0.636. The average molecular weight is 223 g/mol. The zero-order valence-corrected chi connectivity index (χ0v) is 9.53. The molecule has 2 heterocycles. The molecule has 0 saturated heterocycles. The second kappa shape index (κ2) is 5.12. The fourth-order valence-corrected chi connectivity index (χ4v) is 1.88. The van der Waals surface area contributed by atoms with Crippen molar-refractivity contribution in [3.63, 3.8) is 0 Å². The Kier molecular flexibility index (Phi) is 3.56. The molecule has 1 aromatic rings. The number of amides is 1. The smallest absolute Gasteiger partial charge is 0.271 e. The van der Waals surface area contributed by atoms with Gasteiger partial charge in [0, 0.05) is 32.8 Å². The molecule has 0 atom stereocenters. The molecular weight excluding hydrogens is 206 g/mol. The number of aryl methyl sites for hydroxylation is 2. The van der Waals surface area contributed by atoms with Gasteiger partial charge in [-0.25, -0.2) is 4.98 Å². The van der Waals surface area contributed by atoms with E-state index in [1.165, 1.54) is 12.8 Å². The second-order valence-corrected chi connectivity index (χ2v) is 3.94. The first kappa shape index (κ1) is 11.1. The lowest BCUT2D eigenvalue weighted by Crippen LogP contribution is -2.27. The van der Waals surface area contributed by atoms with Gasteiger partial charge >= 0.3 is 0 Å². The highest BCUT2D eigenvalue weighted by molar-refractivity contribution is 5.92. The van der Waals surface area contributed by atoms with Gasteiger partial charge in [0.15, 0.2) is 0 Å². The zero-order chi connectivity index (χ0) is 11.4. The highest BCUT2D eigenvalue weighted by Crippen LogP contribution is 2.14. The molecule has 1 N–H and O–H groups in total. The van der Waals surface area contributed by atoms with Crippen molar-refractivity contribution in [1.29, 1.82) is 0 Å². The predicted molar refractivity (Wildman–Crippen MR) is 59.4 cm³/mol. The molecule has 0 saturated carbocycles. The Labute approximate surface area is 94.8 Å². The van der Waals surface area contributed by atoms with Crippen molar-refractivity contribution >= 4 is 5.91 Å². The van der Waals surface area contributed by atoms with Crippen molar-refractivity contribution in [3.8, 4) is 0 Å². The molecule has 0 fully saturated rings. The monoisotopic (exact) mass is 223 g/mol. The van der Waals surface area contributed by atoms with Gasteiger partial charge in [-0.15, -0.1) is 0 Å². The second-order valence-electron chi connectivity index (χ2n) is 3.94. The molecule has 1 amide bonds. The molecule has 88 valence electrons. The number of fused-ring (bicyclic) bond motifs is 1. The van der Waals surface area contributed by atoms with Crippen LogP contribution < -0.4 is 5.32 Å². The molecule has 1 aromatic heterocycles. The van der Waals surface area contributed by atoms with Crippen molar-refractivity contribution < 1.29 is 9.53 Å². The number of carbonyl (C=O) groups is 1. The fourth-order valence-electron chi connectivity index (χ4n) is 1.88. The van der Waals surface area contributed by atoms with Crippen LogP contribution in [-0.4, -0.2) is 35.7 Å². The maximum atomic E-state index is 11.7. The number of nitrogens with one attached hydrogen (secondary N) is 1. The van der Waals surface area contributed by atoms with Crippen LogP contribution in [0.4, 0.5) is 0 Å². The SMILES string of the molecule is COCCNC(=O)c1cn2c(n1)CCCC2. The lowest BCUT2D eigenvalue weighted by Gasteiger charge is -2.11. The van der Waals surface area contributed by atoms with Gasteiger partial charge in [-0.05, 0) is 12.8 Å². The first-order chi connectivity index (χ1) is 7.81. The van der Waals surface area contributed by atoms with Crippen LogP contribution in [-0.2, 0) is 17.7 Å². The quantitative estimate of drug-likeness (QED) is 0.760. The van der Waals surface area contributed by atoms with E-state index < -0.39 is 0 Å². The normalized spacial score (nSPS) is 14.6. The molecule has 0 spiro atoms. The summed E-state index contributed by atoms with van der Waals surface area (Å²) in [6.07, 6.45) is 5.16. The van der Waals surface area contributed by atoms with Crippen LogP contribution in [0, 0.1) is 0 Å². The van der Waals surface area contributed by atoms with E-state index in [1.54, 1.807) is 7.11 Å². The summed E-state index contributed by atoms with van der Waals surface area (Å²) in [7, 11) is 1.61. The van der Waals surface area contributed by atoms with Crippen LogP contribution in [0.3, 0.4) is 0 Å². The molecule has 0 radical (unpaired) electrons. The van der Waals surface area contributed by atoms with Crippen molar-refractivity contribution in [2.75, 3.05) is 20.3 Å². The number of nitrogens with zero attached hydrogens (tertiary/aromatic N) is 2. The van der Waals surface area contributed by atoms with Crippen molar-refractivity contribution in [1.82, 2.24) is 14.9 Å². The van der Waals surface area contributed by atoms with E-state index in [-0.39, 0.29) is 5.91 Å². The predicted octanol–water partition coefficient (Wildman–Crippen LogP) is 0.596. The van der Waals surface area contributed by atoms with Gasteiger partial charge in [-0.1, -0.05) is 0 Å². The van der Waals surface area contributed by atoms with Gasteiger partial charge in [0.05, 0.1) is 6.61 Å². The van der Waals surface area contributed by atoms with E-state index in [9.17, 15) is 4.79 Å². The molecule has 0 aliphatic carbocycles. The van der Waals surface area contributed by atoms with Crippen LogP contribution >= 0.6 is 0 Å². The molecule has 0 aromatic carbocycles. The Balaban J connectivity index is 1.98. The standard InChI is InChI=1S/C11H17N3O2/c1-16-7-5-12-11(15)9-8-14-6-3-2-4-10(14)13-9/h8H,2-7H2,1H3,(H,12,15). The minimum absolute atomic E-state index is 0.112. The Morgan fingerprint density at radius 1 is 1.62 bits per heavy atom. The molecule has 16 heavy (non-hydrogen) atoms. The van der Waals surface area contributed by atoms with Gasteiger partial charge in [0.2, 0.25) is 0 Å². The molecule has 0 bridgehead atoms. The Morgan fingerprint density at radius 3 is 3.25 bits per heavy atom. The van der Waals surface area contributed by atoms with E-state index in [0.29, 0.717) is 18.8 Å². The van der Waals surface area contributed by atoms with Crippen molar-refractivity contribution in [2.45, 2.75) is 25.8 Å². The Bertz CT molecular complexity index is 350. The number of hydrogen-bond donors (Lipinski definition) is 1. The van der Waals surface area contributed by atoms with Crippen LogP contribution in [0.2, 0.25) is 0 Å². The lowest BCUT2D eigenvalue weighted by atomic mass is 10.2. The molecule has 2 rings (SSSR count). The first-order valence-electron chi connectivity index (χ1n) is 5.64. The third-order valence-corrected chi connectivity index (χ3v) is 2.73. The Hall–Kier alpha value is -1.36. The summed E-state index contributed by atoms with van der Waals surface area (Å²) >= 11 is 0. The molecular formula is C11H17N3O2. The van der Waals surface area contributed by atoms with Crippen molar-refractivity contribution in [3.05, 3.63) is 17.7 Å². The number of ether oxygens (including phenoxy) is 1. The number of rotatable bonds is 4. The van der Waals surface area contributed by atoms with E-state index in [2.05, 4.69) is 14.9 Å². The number of hydrogen-bond acceptors (Lipinski definition) is 3. The zero-order valence-electron chi connectivity index (χ0n) is 9.53. The van der Waals surface area contributed by atoms with Gasteiger partial charge in [-0.2, -0.15) is 0 Å². The van der Waals surface area contributed by atoms with E-state index in [4.69, 9.17) is 4.74 Å². The van der Waals surface area contributed by atoms with Gasteiger partial charge in [0.25, 0.3) is 5.91 Å². The first-order valence-corrected chi connectivity index (χ1v) is 5.64. The number of aromatic nitrogens is 2. The highest BCUT2D eigenvalue weighted by atomic mass is 16.5. The summed E-state index contributed by atoms with van der Waals surface area (Å²) in [6, 6.07) is 0. The lowest BCUT2D eigenvalue weighted by molar-refractivity contribution is 0.0932. The minimum Gasteiger partial charge on any atom is -0.383 e. The molecule has 0 unspecified atom stereocenters. The largest absolute Gasteiger partial charge is 0.383 e. The number of imidazole rings is 1. The summed E-state index contributed by atoms with van der Waals surface area (Å²) in [5.74, 6) is 0.919. The molecule has 5 heteroatoms. The van der Waals surface area contributed by atoms with Gasteiger partial charge in [0.1, 0.15) is 11.5 Å². The summed E-state index contributed by atoms with van der Waals surface area (Å²) in [5.41, 5.74) is 0.521. The minimum atomic E-state index is -0.112. The van der Waals surface area contributed by atoms with E-state index in [1.807, 2.05) is 6.20 Å². The average Bonchev–Trinajstić information content (AvgIpc) is 2.73.